The molecule has 4 nitrogen and oxygen atoms in total. The van der Waals surface area contributed by atoms with Crippen LogP contribution in [0.4, 0.5) is 4.79 Å². The summed E-state index contributed by atoms with van der Waals surface area (Å²) in [5.74, 6) is 0. The van der Waals surface area contributed by atoms with E-state index in [9.17, 15) is 4.79 Å². The minimum absolute atomic E-state index is 0.647. The zero-order chi connectivity index (χ0) is 9.84. The topological polar surface area (TPSA) is 67.5 Å². The van der Waals surface area contributed by atoms with Gasteiger partial charge < -0.3 is 5.73 Å². The minimum atomic E-state index is -0.647. The summed E-state index contributed by atoms with van der Waals surface area (Å²) in [5, 5.41) is 5.79. The Morgan fingerprint density at radius 2 is 2.38 bits per heavy atom. The second kappa shape index (κ2) is 4.04. The Labute approximate surface area is 80.4 Å². The first kappa shape index (κ1) is 9.73. The SMILES string of the molecule is C/C(=N\NC(N)=O)c1csc(C)c1. The first-order valence-electron chi connectivity index (χ1n) is 3.75. The van der Waals surface area contributed by atoms with Gasteiger partial charge in [0.25, 0.3) is 0 Å². The predicted molar refractivity (Wildman–Crippen MR) is 54.0 cm³/mol. The Balaban J connectivity index is 2.72. The number of nitrogens with zero attached hydrogens (tertiary/aromatic N) is 1. The third-order valence-electron chi connectivity index (χ3n) is 1.48. The highest BCUT2D eigenvalue weighted by molar-refractivity contribution is 7.10. The van der Waals surface area contributed by atoms with Crippen molar-refractivity contribution in [1.82, 2.24) is 5.43 Å². The van der Waals surface area contributed by atoms with E-state index >= 15 is 0 Å². The average Bonchev–Trinajstić information content (AvgIpc) is 2.47. The van der Waals surface area contributed by atoms with Gasteiger partial charge in [-0.1, -0.05) is 0 Å². The third kappa shape index (κ3) is 2.87. The summed E-state index contributed by atoms with van der Waals surface area (Å²) in [5.41, 5.74) is 8.82. The van der Waals surface area contributed by atoms with E-state index < -0.39 is 6.03 Å². The number of nitrogens with one attached hydrogen (secondary N) is 1. The van der Waals surface area contributed by atoms with Gasteiger partial charge in [-0.05, 0) is 19.9 Å². The first-order valence-corrected chi connectivity index (χ1v) is 4.63. The molecule has 0 spiro atoms. The highest BCUT2D eigenvalue weighted by Crippen LogP contribution is 2.13. The zero-order valence-corrected chi connectivity index (χ0v) is 8.31. The van der Waals surface area contributed by atoms with Crippen LogP contribution in [0, 0.1) is 6.92 Å². The third-order valence-corrected chi connectivity index (χ3v) is 2.34. The van der Waals surface area contributed by atoms with Crippen LogP contribution in [0.2, 0.25) is 0 Å². The molecule has 0 bridgehead atoms. The fourth-order valence-corrected chi connectivity index (χ4v) is 1.58. The van der Waals surface area contributed by atoms with E-state index in [4.69, 9.17) is 5.73 Å². The number of rotatable bonds is 2. The van der Waals surface area contributed by atoms with Gasteiger partial charge in [0.2, 0.25) is 0 Å². The molecule has 13 heavy (non-hydrogen) atoms. The fourth-order valence-electron chi connectivity index (χ4n) is 0.837. The maximum Gasteiger partial charge on any atom is 0.332 e. The van der Waals surface area contributed by atoms with Crippen molar-refractivity contribution >= 4 is 23.1 Å². The van der Waals surface area contributed by atoms with Crippen molar-refractivity contribution in [3.63, 3.8) is 0 Å². The van der Waals surface area contributed by atoms with Crippen molar-refractivity contribution in [2.24, 2.45) is 10.8 Å². The van der Waals surface area contributed by atoms with Crippen LogP contribution in [0.1, 0.15) is 17.4 Å². The Morgan fingerprint density at radius 1 is 1.69 bits per heavy atom. The summed E-state index contributed by atoms with van der Waals surface area (Å²) in [4.78, 5) is 11.6. The number of hydrazone groups is 1. The van der Waals surface area contributed by atoms with E-state index in [-0.39, 0.29) is 0 Å². The smallest absolute Gasteiger partial charge is 0.332 e. The molecule has 0 unspecified atom stereocenters. The van der Waals surface area contributed by atoms with E-state index in [0.29, 0.717) is 0 Å². The summed E-state index contributed by atoms with van der Waals surface area (Å²) in [6, 6.07) is 1.36. The molecule has 0 aliphatic carbocycles. The molecule has 0 saturated carbocycles. The second-order valence-corrected chi connectivity index (χ2v) is 3.73. The molecule has 0 aliphatic rings. The Hall–Kier alpha value is -1.36. The molecule has 0 radical (unpaired) electrons. The first-order chi connectivity index (χ1) is 6.09. The molecular weight excluding hydrogens is 186 g/mol. The minimum Gasteiger partial charge on any atom is -0.350 e. The number of hydrogen-bond acceptors (Lipinski definition) is 3. The number of amides is 2. The molecule has 1 aromatic heterocycles. The van der Waals surface area contributed by atoms with Gasteiger partial charge in [0.15, 0.2) is 0 Å². The van der Waals surface area contributed by atoms with E-state index in [1.807, 2.05) is 25.3 Å². The van der Waals surface area contributed by atoms with Crippen LogP contribution in [0.5, 0.6) is 0 Å². The van der Waals surface area contributed by atoms with Crippen molar-refractivity contribution in [3.8, 4) is 0 Å². The molecule has 1 heterocycles. The zero-order valence-electron chi connectivity index (χ0n) is 7.50. The average molecular weight is 197 g/mol. The van der Waals surface area contributed by atoms with Crippen molar-refractivity contribution in [2.75, 3.05) is 0 Å². The number of carbonyl (C=O) groups excluding carboxylic acids is 1. The maximum atomic E-state index is 10.3. The van der Waals surface area contributed by atoms with Gasteiger partial charge in [-0.2, -0.15) is 5.10 Å². The van der Waals surface area contributed by atoms with Gasteiger partial charge in [0, 0.05) is 15.8 Å². The lowest BCUT2D eigenvalue weighted by Gasteiger charge is -1.96. The molecule has 0 aliphatic heterocycles. The Kier molecular flexibility index (Phi) is 3.02. The van der Waals surface area contributed by atoms with E-state index in [1.54, 1.807) is 11.3 Å². The quantitative estimate of drug-likeness (QED) is 0.547. The summed E-state index contributed by atoms with van der Waals surface area (Å²) < 4.78 is 0. The molecule has 3 N–H and O–H groups in total. The van der Waals surface area contributed by atoms with Gasteiger partial charge in [0.05, 0.1) is 5.71 Å². The van der Waals surface area contributed by atoms with Crippen LogP contribution in [-0.2, 0) is 0 Å². The van der Waals surface area contributed by atoms with Crippen LogP contribution in [0.3, 0.4) is 0 Å². The molecule has 5 heteroatoms. The predicted octanol–water partition coefficient (Wildman–Crippen LogP) is 1.45. The molecule has 1 aromatic rings. The molecule has 0 atom stereocenters. The number of nitrogens with two attached hydrogens (primary N) is 1. The Bertz CT molecular complexity index is 343. The maximum absolute atomic E-state index is 10.3. The van der Waals surface area contributed by atoms with Gasteiger partial charge >= 0.3 is 6.03 Å². The molecule has 2 amide bonds. The lowest BCUT2D eigenvalue weighted by molar-refractivity contribution is 0.249. The number of primary amides is 1. The van der Waals surface area contributed by atoms with Gasteiger partial charge in [-0.15, -0.1) is 11.3 Å². The summed E-state index contributed by atoms with van der Waals surface area (Å²) >= 11 is 1.64. The highest BCUT2D eigenvalue weighted by Gasteiger charge is 1.99. The highest BCUT2D eigenvalue weighted by atomic mass is 32.1. The van der Waals surface area contributed by atoms with E-state index in [1.165, 1.54) is 4.88 Å². The molecular formula is C8H11N3OS. The molecule has 0 saturated heterocycles. The number of urea groups is 1. The van der Waals surface area contributed by atoms with Crippen LogP contribution in [-0.4, -0.2) is 11.7 Å². The normalized spacial score (nSPS) is 11.4. The van der Waals surface area contributed by atoms with Gasteiger partial charge in [0.1, 0.15) is 0 Å². The molecule has 0 aromatic carbocycles. The van der Waals surface area contributed by atoms with Crippen molar-refractivity contribution < 1.29 is 4.79 Å². The number of thiophene rings is 1. The van der Waals surface area contributed by atoms with E-state index in [0.717, 1.165) is 11.3 Å². The van der Waals surface area contributed by atoms with E-state index in [2.05, 4.69) is 10.5 Å². The van der Waals surface area contributed by atoms with Crippen LogP contribution in [0.15, 0.2) is 16.5 Å². The number of aryl methyl sites for hydroxylation is 1. The monoisotopic (exact) mass is 197 g/mol. The second-order valence-electron chi connectivity index (χ2n) is 2.62. The summed E-state index contributed by atoms with van der Waals surface area (Å²) in [6.07, 6.45) is 0. The molecule has 0 fully saturated rings. The van der Waals surface area contributed by atoms with Crippen molar-refractivity contribution in [1.29, 1.82) is 0 Å². The van der Waals surface area contributed by atoms with Crippen LogP contribution >= 0.6 is 11.3 Å². The standard InChI is InChI=1S/C8H11N3OS/c1-5-3-7(4-13-5)6(2)10-11-8(9)12/h3-4H,1-2H3,(H3,9,11,12)/b10-6+. The van der Waals surface area contributed by atoms with Gasteiger partial charge in [-0.3, -0.25) is 0 Å². The van der Waals surface area contributed by atoms with Crippen molar-refractivity contribution in [2.45, 2.75) is 13.8 Å². The lowest BCUT2D eigenvalue weighted by atomic mass is 10.2. The van der Waals surface area contributed by atoms with Crippen molar-refractivity contribution in [3.05, 3.63) is 21.9 Å². The summed E-state index contributed by atoms with van der Waals surface area (Å²) in [7, 11) is 0. The fraction of sp³-hybridized carbons (Fsp3) is 0.250. The Morgan fingerprint density at radius 3 is 2.85 bits per heavy atom. The molecule has 1 rings (SSSR count). The summed E-state index contributed by atoms with van der Waals surface area (Å²) in [6.45, 7) is 3.83. The number of carbonyl (C=O) groups is 1. The lowest BCUT2D eigenvalue weighted by Crippen LogP contribution is -2.25. The largest absolute Gasteiger partial charge is 0.350 e. The molecule has 70 valence electrons. The van der Waals surface area contributed by atoms with Crippen LogP contribution in [0.25, 0.3) is 0 Å². The number of hydrogen-bond donors (Lipinski definition) is 2. The van der Waals surface area contributed by atoms with Crippen LogP contribution < -0.4 is 11.2 Å². The van der Waals surface area contributed by atoms with Gasteiger partial charge in [-0.25, -0.2) is 10.2 Å².